The Bertz CT molecular complexity index is 2030. The number of fused-ring (bicyclic) bond motifs is 1. The Hall–Kier alpha value is -4.93. The van der Waals surface area contributed by atoms with Crippen LogP contribution in [0.25, 0.3) is 28.1 Å². The third-order valence-corrected chi connectivity index (χ3v) is 9.82. The number of hydrogen-bond donors (Lipinski definition) is 2. The number of imidazole rings is 1. The van der Waals surface area contributed by atoms with Crippen LogP contribution in [0.3, 0.4) is 0 Å². The van der Waals surface area contributed by atoms with Gasteiger partial charge >= 0.3 is 12.1 Å². The molecule has 0 amide bonds. The Morgan fingerprint density at radius 2 is 2.04 bits per heavy atom. The van der Waals surface area contributed by atoms with Gasteiger partial charge in [-0.2, -0.15) is 9.41 Å². The molecule has 17 heteroatoms. The molecular formula is C32H29ClFN7O7S. The minimum Gasteiger partial charge on any atom is -0.618 e. The number of carbonyl (C=O) groups is 2. The molecule has 0 saturated heterocycles. The van der Waals surface area contributed by atoms with E-state index in [0.717, 1.165) is 43.4 Å². The average molecular weight is 710 g/mol. The molecule has 1 saturated carbocycles. The van der Waals surface area contributed by atoms with Crippen LogP contribution in [-0.2, 0) is 26.2 Å². The maximum atomic E-state index is 15.5. The first kappa shape index (κ1) is 32.6. The van der Waals surface area contributed by atoms with Crippen LogP contribution in [0.1, 0.15) is 72.2 Å². The van der Waals surface area contributed by atoms with Crippen LogP contribution in [0, 0.1) is 11.0 Å². The number of halogens is 2. The first-order chi connectivity index (χ1) is 23.6. The number of aryl methyl sites for hydroxylation is 1. The van der Waals surface area contributed by atoms with E-state index in [2.05, 4.69) is 25.5 Å². The molecule has 1 aromatic carbocycles. The molecule has 2 unspecified atom stereocenters. The van der Waals surface area contributed by atoms with Crippen molar-refractivity contribution < 1.29 is 38.0 Å². The fourth-order valence-corrected chi connectivity index (χ4v) is 7.32. The lowest BCUT2D eigenvalue weighted by atomic mass is 9.98. The van der Waals surface area contributed by atoms with Gasteiger partial charge in [-0.25, -0.2) is 19.0 Å². The van der Waals surface area contributed by atoms with E-state index in [9.17, 15) is 19.9 Å². The SMILES string of the molecule is CC(OC(=O)OC1CCCCC1)OC(=O)c1scc(-c2cnc(C3(O)CCc4cc(-c5cc(Cl)ccc5-n5cnnn5)c[n+]([O-])c43)[nH]2)c1F. The molecule has 4 heterocycles. The molecule has 5 aromatic rings. The minimum absolute atomic E-state index is 0.00392. The van der Waals surface area contributed by atoms with Gasteiger partial charge in [-0.1, -0.05) is 18.0 Å². The highest BCUT2D eigenvalue weighted by molar-refractivity contribution is 7.12. The summed E-state index contributed by atoms with van der Waals surface area (Å²) in [6, 6.07) is 6.90. The van der Waals surface area contributed by atoms with E-state index in [1.54, 1.807) is 24.3 Å². The van der Waals surface area contributed by atoms with Gasteiger partial charge in [-0.3, -0.25) is 0 Å². The molecule has 4 aromatic heterocycles. The lowest BCUT2D eigenvalue weighted by molar-refractivity contribution is -0.620. The summed E-state index contributed by atoms with van der Waals surface area (Å²) in [5.41, 5.74) is 0.758. The van der Waals surface area contributed by atoms with Gasteiger partial charge in [0, 0.05) is 39.6 Å². The summed E-state index contributed by atoms with van der Waals surface area (Å²) in [5.74, 6) is -1.88. The second-order valence-electron chi connectivity index (χ2n) is 11.9. The number of aromatic nitrogens is 7. The van der Waals surface area contributed by atoms with Gasteiger partial charge in [0.2, 0.25) is 17.6 Å². The topological polar surface area (TPSA) is 181 Å². The molecule has 1 fully saturated rings. The van der Waals surface area contributed by atoms with Crippen molar-refractivity contribution >= 4 is 35.1 Å². The van der Waals surface area contributed by atoms with Gasteiger partial charge in [0.05, 0.1) is 17.6 Å². The number of aliphatic hydroxyl groups is 1. The number of esters is 1. The van der Waals surface area contributed by atoms with E-state index in [0.29, 0.717) is 38.6 Å². The molecule has 2 aliphatic carbocycles. The van der Waals surface area contributed by atoms with E-state index in [1.165, 1.54) is 35.7 Å². The normalized spacial score (nSPS) is 18.2. The van der Waals surface area contributed by atoms with Crippen LogP contribution in [-0.4, -0.2) is 59.8 Å². The van der Waals surface area contributed by atoms with E-state index >= 15 is 4.39 Å². The van der Waals surface area contributed by atoms with Gasteiger partial charge in [-0.15, -0.1) is 16.4 Å². The number of carbonyl (C=O) groups excluding carboxylic acids is 2. The molecule has 14 nitrogen and oxygen atoms in total. The molecule has 0 radical (unpaired) electrons. The van der Waals surface area contributed by atoms with Crippen molar-refractivity contribution in [3.63, 3.8) is 0 Å². The standard InChI is InChI=1S/C32H29ClFN7O7S/c1-17(47-31(43)48-21-5-3-2-4-6-21)46-29(42)27-26(34)23(15-49-27)24-13-35-30(37-24)32(44)10-9-18-11-19(14-41(45)28(18)32)22-12-20(33)7-8-25(22)40-16-36-38-39-40/h7-8,11-17,21,44H,2-6,9-10H2,1H3,(H,35,37). The summed E-state index contributed by atoms with van der Waals surface area (Å²) in [5, 5.41) is 38.5. The lowest BCUT2D eigenvalue weighted by Crippen LogP contribution is -2.42. The first-order valence-electron chi connectivity index (χ1n) is 15.5. The number of hydrogen-bond acceptors (Lipinski definition) is 12. The number of nitrogens with one attached hydrogen (secondary N) is 1. The average Bonchev–Trinajstić information content (AvgIpc) is 3.89. The highest BCUT2D eigenvalue weighted by atomic mass is 35.5. The zero-order chi connectivity index (χ0) is 34.3. The number of nitrogens with zero attached hydrogens (tertiary/aromatic N) is 6. The maximum Gasteiger partial charge on any atom is 0.511 e. The Labute approximate surface area is 287 Å². The Balaban J connectivity index is 1.08. The van der Waals surface area contributed by atoms with Crippen LogP contribution in [0.2, 0.25) is 5.02 Å². The van der Waals surface area contributed by atoms with E-state index in [4.69, 9.17) is 25.8 Å². The third-order valence-electron chi connectivity index (χ3n) is 8.65. The number of aromatic amines is 1. The van der Waals surface area contributed by atoms with E-state index in [-0.39, 0.29) is 40.2 Å². The van der Waals surface area contributed by atoms with E-state index in [1.807, 2.05) is 0 Å². The maximum absolute atomic E-state index is 15.5. The number of pyridine rings is 1. The Morgan fingerprint density at radius 3 is 2.82 bits per heavy atom. The monoisotopic (exact) mass is 709 g/mol. The number of rotatable bonds is 8. The van der Waals surface area contributed by atoms with Crippen molar-refractivity contribution in [2.75, 3.05) is 0 Å². The third kappa shape index (κ3) is 6.34. The van der Waals surface area contributed by atoms with Crippen molar-refractivity contribution in [2.24, 2.45) is 0 Å². The van der Waals surface area contributed by atoms with Gasteiger partial charge in [0.15, 0.2) is 12.0 Å². The summed E-state index contributed by atoms with van der Waals surface area (Å²) in [6.07, 6.45) is 6.54. The largest absolute Gasteiger partial charge is 0.618 e. The van der Waals surface area contributed by atoms with E-state index < -0.39 is 29.8 Å². The summed E-state index contributed by atoms with van der Waals surface area (Å²) < 4.78 is 33.0. The van der Waals surface area contributed by atoms with Crippen LogP contribution < -0.4 is 4.73 Å². The van der Waals surface area contributed by atoms with Crippen molar-refractivity contribution in [1.29, 1.82) is 0 Å². The van der Waals surface area contributed by atoms with Crippen LogP contribution in [0.4, 0.5) is 9.18 Å². The van der Waals surface area contributed by atoms with Gasteiger partial charge in [0.25, 0.3) is 0 Å². The highest BCUT2D eigenvalue weighted by Gasteiger charge is 2.48. The number of ether oxygens (including phenoxy) is 3. The summed E-state index contributed by atoms with van der Waals surface area (Å²) in [7, 11) is 0. The molecule has 2 atom stereocenters. The molecule has 49 heavy (non-hydrogen) atoms. The quantitative estimate of drug-likeness (QED) is 0.0914. The van der Waals surface area contributed by atoms with Crippen LogP contribution >= 0.6 is 22.9 Å². The molecule has 0 aliphatic heterocycles. The molecule has 7 rings (SSSR count). The zero-order valence-corrected chi connectivity index (χ0v) is 27.5. The van der Waals surface area contributed by atoms with Crippen molar-refractivity contribution in [3.05, 3.63) is 86.4 Å². The van der Waals surface area contributed by atoms with Gasteiger partial charge in [-0.05, 0) is 73.2 Å². The number of benzene rings is 1. The predicted octanol–water partition coefficient (Wildman–Crippen LogP) is 5.38. The minimum atomic E-state index is -1.81. The molecule has 2 N–H and O–H groups in total. The van der Waals surface area contributed by atoms with Gasteiger partial charge in [0.1, 0.15) is 23.1 Å². The van der Waals surface area contributed by atoms with Crippen LogP contribution in [0.5, 0.6) is 0 Å². The molecule has 2 aliphatic rings. The number of H-pyrrole nitrogens is 1. The number of tetrazole rings is 1. The molecule has 254 valence electrons. The number of thiophene rings is 1. The first-order valence-corrected chi connectivity index (χ1v) is 16.8. The highest BCUT2D eigenvalue weighted by Crippen LogP contribution is 2.42. The predicted molar refractivity (Wildman–Crippen MR) is 171 cm³/mol. The Morgan fingerprint density at radius 1 is 1.22 bits per heavy atom. The summed E-state index contributed by atoms with van der Waals surface area (Å²) in [6.45, 7) is 1.33. The second kappa shape index (κ2) is 13.2. The van der Waals surface area contributed by atoms with Crippen LogP contribution in [0.15, 0.2) is 48.4 Å². The fraction of sp³-hybridized carbons (Fsp3) is 0.344. The molecule has 0 bridgehead atoms. The zero-order valence-electron chi connectivity index (χ0n) is 26.0. The molecule has 0 spiro atoms. The summed E-state index contributed by atoms with van der Waals surface area (Å²) >= 11 is 7.08. The van der Waals surface area contributed by atoms with Gasteiger partial charge < -0.3 is 29.5 Å². The summed E-state index contributed by atoms with van der Waals surface area (Å²) in [4.78, 5) is 31.8. The fourth-order valence-electron chi connectivity index (χ4n) is 6.33. The smallest absolute Gasteiger partial charge is 0.511 e. The van der Waals surface area contributed by atoms with Crippen molar-refractivity contribution in [1.82, 2.24) is 30.2 Å². The Kier molecular flexibility index (Phi) is 8.77. The second-order valence-corrected chi connectivity index (χ2v) is 13.2. The van der Waals surface area contributed by atoms with Crippen molar-refractivity contribution in [2.45, 2.75) is 69.9 Å². The molecular weight excluding hydrogens is 681 g/mol. The lowest BCUT2D eigenvalue weighted by Gasteiger charge is -2.22. The van der Waals surface area contributed by atoms with Crippen molar-refractivity contribution in [3.8, 4) is 28.1 Å².